The molecule has 0 aliphatic carbocycles. The molecule has 0 spiro atoms. The van der Waals surface area contributed by atoms with Crippen LogP contribution in [0, 0.1) is 10.1 Å². The van der Waals surface area contributed by atoms with Crippen LogP contribution < -0.4 is 10.5 Å². The summed E-state index contributed by atoms with van der Waals surface area (Å²) in [5.41, 5.74) is 3.04. The van der Waals surface area contributed by atoms with Crippen molar-refractivity contribution in [2.45, 2.75) is 6.18 Å². The second kappa shape index (κ2) is 5.95. The second-order valence-corrected chi connectivity index (χ2v) is 4.40. The number of halogens is 3. The van der Waals surface area contributed by atoms with Crippen LogP contribution in [0.1, 0.15) is 15.9 Å². The van der Waals surface area contributed by atoms with Crippen molar-refractivity contribution in [3.63, 3.8) is 0 Å². The van der Waals surface area contributed by atoms with Crippen LogP contribution in [-0.4, -0.2) is 10.8 Å². The number of nitro benzene ring substituents is 1. The van der Waals surface area contributed by atoms with E-state index in [1.165, 1.54) is 24.3 Å². The summed E-state index contributed by atoms with van der Waals surface area (Å²) in [6.45, 7) is 0. The zero-order valence-electron chi connectivity index (χ0n) is 11.3. The second-order valence-electron chi connectivity index (χ2n) is 4.40. The van der Waals surface area contributed by atoms with E-state index in [0.717, 1.165) is 6.07 Å². The third kappa shape index (κ3) is 3.57. The first kappa shape index (κ1) is 16.3. The van der Waals surface area contributed by atoms with Gasteiger partial charge >= 0.3 is 11.9 Å². The SMILES string of the molecule is NC(=O)c1ccccc1Oc1ccc(C(F)(F)F)cc1[N+](=O)[O-]. The van der Waals surface area contributed by atoms with Crippen molar-refractivity contribution in [2.75, 3.05) is 0 Å². The average Bonchev–Trinajstić information content (AvgIpc) is 2.46. The van der Waals surface area contributed by atoms with Crippen molar-refractivity contribution in [1.82, 2.24) is 0 Å². The van der Waals surface area contributed by atoms with Gasteiger partial charge in [0, 0.05) is 6.07 Å². The number of nitrogens with two attached hydrogens (primary N) is 1. The number of benzene rings is 2. The van der Waals surface area contributed by atoms with Gasteiger partial charge in [-0.1, -0.05) is 12.1 Å². The molecule has 0 aromatic heterocycles. The molecular formula is C14H9F3N2O4. The minimum atomic E-state index is -4.73. The quantitative estimate of drug-likeness (QED) is 0.687. The molecule has 0 saturated carbocycles. The number of para-hydroxylation sites is 1. The summed E-state index contributed by atoms with van der Waals surface area (Å²) in [4.78, 5) is 21.2. The third-order valence-corrected chi connectivity index (χ3v) is 2.86. The molecule has 2 rings (SSSR count). The standard InChI is InChI=1S/C14H9F3N2O4/c15-14(16,17)8-5-6-12(10(7-8)19(21)22)23-11-4-2-1-3-9(11)13(18)20/h1-7H,(H2,18,20). The summed E-state index contributed by atoms with van der Waals surface area (Å²) in [7, 11) is 0. The van der Waals surface area contributed by atoms with Crippen LogP contribution in [0.4, 0.5) is 18.9 Å². The Balaban J connectivity index is 2.49. The number of amides is 1. The Morgan fingerprint density at radius 2 is 1.78 bits per heavy atom. The number of ether oxygens (including phenoxy) is 1. The molecule has 0 saturated heterocycles. The summed E-state index contributed by atoms with van der Waals surface area (Å²) >= 11 is 0. The van der Waals surface area contributed by atoms with Gasteiger partial charge in [0.2, 0.25) is 5.75 Å². The highest BCUT2D eigenvalue weighted by atomic mass is 19.4. The zero-order valence-corrected chi connectivity index (χ0v) is 11.3. The van der Waals surface area contributed by atoms with E-state index in [9.17, 15) is 28.1 Å². The first-order chi connectivity index (χ1) is 10.7. The van der Waals surface area contributed by atoms with Crippen molar-refractivity contribution in [3.8, 4) is 11.5 Å². The third-order valence-electron chi connectivity index (χ3n) is 2.86. The van der Waals surface area contributed by atoms with E-state index in [-0.39, 0.29) is 11.3 Å². The summed E-state index contributed by atoms with van der Waals surface area (Å²) < 4.78 is 43.1. The highest BCUT2D eigenvalue weighted by Crippen LogP contribution is 2.38. The lowest BCUT2D eigenvalue weighted by molar-refractivity contribution is -0.385. The molecule has 23 heavy (non-hydrogen) atoms. The number of hydrogen-bond donors (Lipinski definition) is 1. The fourth-order valence-corrected chi connectivity index (χ4v) is 1.80. The normalized spacial score (nSPS) is 11.1. The molecule has 9 heteroatoms. The molecule has 2 N–H and O–H groups in total. The van der Waals surface area contributed by atoms with Crippen molar-refractivity contribution in [2.24, 2.45) is 5.73 Å². The average molecular weight is 326 g/mol. The Morgan fingerprint density at radius 3 is 2.35 bits per heavy atom. The number of carbonyl (C=O) groups excluding carboxylic acids is 1. The number of hydrogen-bond acceptors (Lipinski definition) is 4. The minimum absolute atomic E-state index is 0.0540. The molecule has 0 atom stereocenters. The van der Waals surface area contributed by atoms with Gasteiger partial charge in [0.25, 0.3) is 5.91 Å². The first-order valence-corrected chi connectivity index (χ1v) is 6.12. The Kier molecular flexibility index (Phi) is 4.21. The zero-order chi connectivity index (χ0) is 17.2. The number of alkyl halides is 3. The van der Waals surface area contributed by atoms with Crippen LogP contribution >= 0.6 is 0 Å². The molecule has 0 fully saturated rings. The Bertz CT molecular complexity index is 775. The van der Waals surface area contributed by atoms with Gasteiger partial charge < -0.3 is 10.5 Å². The van der Waals surface area contributed by atoms with Crippen LogP contribution in [-0.2, 0) is 6.18 Å². The van der Waals surface area contributed by atoms with E-state index in [0.29, 0.717) is 12.1 Å². The topological polar surface area (TPSA) is 95.5 Å². The monoisotopic (exact) mass is 326 g/mol. The molecule has 0 radical (unpaired) electrons. The van der Waals surface area contributed by atoms with Crippen molar-refractivity contribution >= 4 is 11.6 Å². The van der Waals surface area contributed by atoms with Crippen LogP contribution in [0.5, 0.6) is 11.5 Å². The van der Waals surface area contributed by atoms with Gasteiger partial charge in [-0.25, -0.2) is 0 Å². The van der Waals surface area contributed by atoms with E-state index in [1.807, 2.05) is 0 Å². The van der Waals surface area contributed by atoms with E-state index < -0.39 is 34.0 Å². The van der Waals surface area contributed by atoms with Crippen molar-refractivity contribution in [3.05, 3.63) is 63.7 Å². The summed E-state index contributed by atoms with van der Waals surface area (Å²) in [5.74, 6) is -1.37. The molecule has 6 nitrogen and oxygen atoms in total. The van der Waals surface area contributed by atoms with Crippen LogP contribution in [0.15, 0.2) is 42.5 Å². The van der Waals surface area contributed by atoms with Gasteiger partial charge in [-0.2, -0.15) is 13.2 Å². The molecule has 2 aromatic carbocycles. The maximum Gasteiger partial charge on any atom is 0.416 e. The van der Waals surface area contributed by atoms with Gasteiger partial charge in [0.1, 0.15) is 5.75 Å². The molecule has 0 heterocycles. The number of primary amides is 1. The van der Waals surface area contributed by atoms with Crippen LogP contribution in [0.25, 0.3) is 0 Å². The van der Waals surface area contributed by atoms with Gasteiger partial charge in [0.05, 0.1) is 16.1 Å². The number of rotatable bonds is 4. The van der Waals surface area contributed by atoms with E-state index in [2.05, 4.69) is 0 Å². The Hall–Kier alpha value is -3.10. The molecular weight excluding hydrogens is 317 g/mol. The van der Waals surface area contributed by atoms with E-state index >= 15 is 0 Å². The Labute approximate surface area is 127 Å². The molecule has 0 bridgehead atoms. The van der Waals surface area contributed by atoms with Gasteiger partial charge in [0.15, 0.2) is 0 Å². The summed E-state index contributed by atoms with van der Waals surface area (Å²) in [6, 6.07) is 7.46. The predicted molar refractivity (Wildman–Crippen MR) is 73.1 cm³/mol. The van der Waals surface area contributed by atoms with E-state index in [1.54, 1.807) is 0 Å². The maximum absolute atomic E-state index is 12.6. The summed E-state index contributed by atoms with van der Waals surface area (Å²) in [5, 5.41) is 11.0. The smallest absolute Gasteiger partial charge is 0.416 e. The van der Waals surface area contributed by atoms with Crippen molar-refractivity contribution in [1.29, 1.82) is 0 Å². The lowest BCUT2D eigenvalue weighted by Gasteiger charge is -2.11. The Morgan fingerprint density at radius 1 is 1.13 bits per heavy atom. The fourth-order valence-electron chi connectivity index (χ4n) is 1.80. The molecule has 0 unspecified atom stereocenters. The molecule has 120 valence electrons. The maximum atomic E-state index is 12.6. The molecule has 0 aliphatic heterocycles. The lowest BCUT2D eigenvalue weighted by Crippen LogP contribution is -2.12. The number of nitro groups is 1. The number of carbonyl (C=O) groups is 1. The first-order valence-electron chi connectivity index (χ1n) is 6.12. The van der Waals surface area contributed by atoms with Gasteiger partial charge in [-0.15, -0.1) is 0 Å². The molecule has 0 aliphatic rings. The van der Waals surface area contributed by atoms with E-state index in [4.69, 9.17) is 10.5 Å². The predicted octanol–water partition coefficient (Wildman–Crippen LogP) is 3.50. The van der Waals surface area contributed by atoms with Gasteiger partial charge in [-0.05, 0) is 24.3 Å². The molecule has 1 amide bonds. The summed E-state index contributed by atoms with van der Waals surface area (Å²) in [6.07, 6.45) is -4.73. The van der Waals surface area contributed by atoms with Crippen LogP contribution in [0.3, 0.4) is 0 Å². The molecule has 2 aromatic rings. The van der Waals surface area contributed by atoms with Crippen molar-refractivity contribution < 1.29 is 27.6 Å². The number of nitrogens with zero attached hydrogens (tertiary/aromatic N) is 1. The van der Waals surface area contributed by atoms with Gasteiger partial charge in [-0.3, -0.25) is 14.9 Å². The largest absolute Gasteiger partial charge is 0.449 e. The fraction of sp³-hybridized carbons (Fsp3) is 0.0714. The highest BCUT2D eigenvalue weighted by molar-refractivity contribution is 5.95. The minimum Gasteiger partial charge on any atom is -0.449 e. The van der Waals surface area contributed by atoms with Crippen LogP contribution in [0.2, 0.25) is 0 Å². The highest BCUT2D eigenvalue weighted by Gasteiger charge is 2.33. The lowest BCUT2D eigenvalue weighted by atomic mass is 10.1.